The summed E-state index contributed by atoms with van der Waals surface area (Å²) >= 11 is 0. The summed E-state index contributed by atoms with van der Waals surface area (Å²) in [5.41, 5.74) is 0. The minimum absolute atomic E-state index is 0.320. The van der Waals surface area contributed by atoms with Crippen molar-refractivity contribution in [2.24, 2.45) is 5.92 Å². The fourth-order valence-corrected chi connectivity index (χ4v) is 3.43. The Morgan fingerprint density at radius 2 is 2.12 bits per heavy atom. The van der Waals surface area contributed by atoms with Crippen molar-refractivity contribution in [1.82, 2.24) is 25.0 Å². The molecule has 1 aliphatic heterocycles. The van der Waals surface area contributed by atoms with Gasteiger partial charge < -0.3 is 19.5 Å². The normalized spacial score (nSPS) is 19.5. The van der Waals surface area contributed by atoms with Crippen molar-refractivity contribution in [2.45, 2.75) is 57.7 Å². The predicted molar refractivity (Wildman–Crippen MR) is 90.3 cm³/mol. The molecule has 2 aliphatic rings. The quantitative estimate of drug-likeness (QED) is 0.723. The van der Waals surface area contributed by atoms with Crippen LogP contribution in [0.3, 0.4) is 0 Å². The lowest BCUT2D eigenvalue weighted by molar-refractivity contribution is -0.139. The molecule has 1 aromatic heterocycles. The number of likely N-dealkylation sites (tertiary alicyclic amines) is 1. The van der Waals surface area contributed by atoms with Crippen molar-refractivity contribution < 1.29 is 9.53 Å². The monoisotopic (exact) mass is 335 g/mol. The van der Waals surface area contributed by atoms with Gasteiger partial charge in [0, 0.05) is 45.3 Å². The zero-order valence-corrected chi connectivity index (χ0v) is 14.6. The highest BCUT2D eigenvalue weighted by molar-refractivity contribution is 5.79. The molecular formula is C17H29N5O2. The molecule has 24 heavy (non-hydrogen) atoms. The van der Waals surface area contributed by atoms with Crippen molar-refractivity contribution in [1.29, 1.82) is 0 Å². The summed E-state index contributed by atoms with van der Waals surface area (Å²) in [7, 11) is 1.72. The molecule has 2 heterocycles. The Hall–Kier alpha value is -1.47. The number of aryl methyl sites for hydroxylation is 1. The molecule has 1 saturated heterocycles. The number of aromatic nitrogens is 3. The van der Waals surface area contributed by atoms with Crippen LogP contribution in [-0.2, 0) is 22.6 Å². The molecule has 134 valence electrons. The largest absolute Gasteiger partial charge is 0.385 e. The molecule has 3 rings (SSSR count). The van der Waals surface area contributed by atoms with Crippen molar-refractivity contribution >= 4 is 5.91 Å². The highest BCUT2D eigenvalue weighted by Gasteiger charge is 2.31. The Kier molecular flexibility index (Phi) is 6.20. The van der Waals surface area contributed by atoms with E-state index in [0.29, 0.717) is 17.9 Å². The topological polar surface area (TPSA) is 72.3 Å². The van der Waals surface area contributed by atoms with Gasteiger partial charge in [-0.05, 0) is 32.1 Å². The second-order valence-electron chi connectivity index (χ2n) is 6.90. The Labute approximate surface area is 143 Å². The van der Waals surface area contributed by atoms with E-state index in [0.717, 1.165) is 70.7 Å². The van der Waals surface area contributed by atoms with Crippen LogP contribution < -0.4 is 5.32 Å². The van der Waals surface area contributed by atoms with Crippen molar-refractivity contribution in [3.05, 3.63) is 12.2 Å². The molecule has 1 saturated carbocycles. The molecule has 1 aliphatic carbocycles. The van der Waals surface area contributed by atoms with E-state index < -0.39 is 0 Å². The van der Waals surface area contributed by atoms with Crippen LogP contribution in [0.25, 0.3) is 0 Å². The highest BCUT2D eigenvalue weighted by atomic mass is 16.5. The van der Waals surface area contributed by atoms with E-state index in [-0.39, 0.29) is 0 Å². The third-order valence-electron chi connectivity index (χ3n) is 5.25. The third kappa shape index (κ3) is 4.33. The smallest absolute Gasteiger partial charge is 0.225 e. The van der Waals surface area contributed by atoms with E-state index >= 15 is 0 Å². The molecule has 1 aromatic rings. The lowest BCUT2D eigenvalue weighted by atomic mass is 9.84. The van der Waals surface area contributed by atoms with Crippen LogP contribution in [0.2, 0.25) is 0 Å². The van der Waals surface area contributed by atoms with Gasteiger partial charge in [-0.1, -0.05) is 6.42 Å². The molecular weight excluding hydrogens is 306 g/mol. The van der Waals surface area contributed by atoms with Gasteiger partial charge in [-0.25, -0.2) is 0 Å². The lowest BCUT2D eigenvalue weighted by Gasteiger charge is -2.36. The number of rotatable bonds is 8. The van der Waals surface area contributed by atoms with E-state index in [1.807, 2.05) is 0 Å². The van der Waals surface area contributed by atoms with Crippen molar-refractivity contribution in [3.8, 4) is 0 Å². The second kappa shape index (κ2) is 8.58. The Morgan fingerprint density at radius 1 is 1.33 bits per heavy atom. The number of nitrogens with one attached hydrogen (secondary N) is 1. The Morgan fingerprint density at radius 3 is 2.79 bits per heavy atom. The van der Waals surface area contributed by atoms with E-state index in [1.54, 1.807) is 13.4 Å². The van der Waals surface area contributed by atoms with E-state index in [4.69, 9.17) is 4.74 Å². The molecule has 2 fully saturated rings. The highest BCUT2D eigenvalue weighted by Crippen LogP contribution is 2.29. The fraction of sp³-hybridized carbons (Fsp3) is 0.824. The average molecular weight is 335 g/mol. The molecule has 0 unspecified atom stereocenters. The van der Waals surface area contributed by atoms with Gasteiger partial charge in [0.25, 0.3) is 0 Å². The molecule has 0 radical (unpaired) electrons. The number of amides is 1. The van der Waals surface area contributed by atoms with Crippen LogP contribution >= 0.6 is 0 Å². The molecule has 7 nitrogen and oxygen atoms in total. The summed E-state index contributed by atoms with van der Waals surface area (Å²) in [6, 6.07) is 0.458. The zero-order chi connectivity index (χ0) is 16.8. The fourth-order valence-electron chi connectivity index (χ4n) is 3.43. The molecule has 0 aromatic carbocycles. The standard InChI is InChI=1S/C17H29N5O2/c1-24-11-3-8-22-13-19-20-16(22)12-18-15-6-9-21(10-7-15)17(23)14-4-2-5-14/h13-15,18H,2-12H2,1H3. The maximum atomic E-state index is 12.3. The number of carbonyl (C=O) groups is 1. The maximum absolute atomic E-state index is 12.3. The molecule has 0 bridgehead atoms. The van der Waals surface area contributed by atoms with Crippen LogP contribution in [0.1, 0.15) is 44.3 Å². The van der Waals surface area contributed by atoms with Gasteiger partial charge in [-0.3, -0.25) is 4.79 Å². The first-order chi connectivity index (χ1) is 11.8. The van der Waals surface area contributed by atoms with Crippen LogP contribution in [0.15, 0.2) is 6.33 Å². The number of piperidine rings is 1. The number of nitrogens with zero attached hydrogens (tertiary/aromatic N) is 4. The first-order valence-electron chi connectivity index (χ1n) is 9.15. The maximum Gasteiger partial charge on any atom is 0.225 e. The number of hydrogen-bond donors (Lipinski definition) is 1. The second-order valence-corrected chi connectivity index (χ2v) is 6.90. The lowest BCUT2D eigenvalue weighted by Crippen LogP contribution is -2.47. The number of ether oxygens (including phenoxy) is 1. The third-order valence-corrected chi connectivity index (χ3v) is 5.25. The van der Waals surface area contributed by atoms with E-state index in [2.05, 4.69) is 25.0 Å². The SMILES string of the molecule is COCCCn1cnnc1CNC1CCN(C(=O)C2CCC2)CC1. The number of methoxy groups -OCH3 is 1. The van der Waals surface area contributed by atoms with E-state index in [1.165, 1.54) is 6.42 Å². The molecule has 0 spiro atoms. The minimum atomic E-state index is 0.320. The van der Waals surface area contributed by atoms with Crippen LogP contribution in [0, 0.1) is 5.92 Å². The van der Waals surface area contributed by atoms with Gasteiger partial charge in [0.15, 0.2) is 0 Å². The molecule has 1 N–H and O–H groups in total. The number of hydrogen-bond acceptors (Lipinski definition) is 5. The molecule has 7 heteroatoms. The van der Waals surface area contributed by atoms with Gasteiger partial charge in [0.2, 0.25) is 5.91 Å². The number of carbonyl (C=O) groups excluding carboxylic acids is 1. The first kappa shape index (κ1) is 17.4. The molecule has 1 amide bonds. The summed E-state index contributed by atoms with van der Waals surface area (Å²) < 4.78 is 7.18. The van der Waals surface area contributed by atoms with Crippen LogP contribution in [0.5, 0.6) is 0 Å². The summed E-state index contributed by atoms with van der Waals surface area (Å²) in [6.45, 7) is 4.12. The summed E-state index contributed by atoms with van der Waals surface area (Å²) in [6.07, 6.45) is 8.20. The van der Waals surface area contributed by atoms with Crippen LogP contribution in [-0.4, -0.2) is 58.4 Å². The van der Waals surface area contributed by atoms with Gasteiger partial charge in [0.05, 0.1) is 6.54 Å². The summed E-state index contributed by atoms with van der Waals surface area (Å²) in [4.78, 5) is 14.3. The van der Waals surface area contributed by atoms with Gasteiger partial charge in [0.1, 0.15) is 12.2 Å². The van der Waals surface area contributed by atoms with E-state index in [9.17, 15) is 4.79 Å². The van der Waals surface area contributed by atoms with Gasteiger partial charge in [-0.2, -0.15) is 0 Å². The zero-order valence-electron chi connectivity index (χ0n) is 14.6. The van der Waals surface area contributed by atoms with Crippen molar-refractivity contribution in [3.63, 3.8) is 0 Å². The Balaban J connectivity index is 1.39. The van der Waals surface area contributed by atoms with Gasteiger partial charge in [-0.15, -0.1) is 10.2 Å². The van der Waals surface area contributed by atoms with Gasteiger partial charge >= 0.3 is 0 Å². The van der Waals surface area contributed by atoms with Crippen LogP contribution in [0.4, 0.5) is 0 Å². The Bertz CT molecular complexity index is 521. The summed E-state index contributed by atoms with van der Waals surface area (Å²) in [5.74, 6) is 1.68. The molecule has 0 atom stereocenters. The predicted octanol–water partition coefficient (Wildman–Crippen LogP) is 1.20. The first-order valence-corrected chi connectivity index (χ1v) is 9.15. The van der Waals surface area contributed by atoms with Crippen molar-refractivity contribution in [2.75, 3.05) is 26.8 Å². The summed E-state index contributed by atoms with van der Waals surface area (Å²) in [5, 5.41) is 11.8. The average Bonchev–Trinajstić information content (AvgIpc) is 2.99. The minimum Gasteiger partial charge on any atom is -0.385 e.